The van der Waals surface area contributed by atoms with E-state index in [0.29, 0.717) is 28.0 Å². The number of carbonyl (C=O) groups is 1. The summed E-state index contributed by atoms with van der Waals surface area (Å²) in [4.78, 5) is 15.8. The third kappa shape index (κ3) is 3.85. The number of para-hydroxylation sites is 1. The van der Waals surface area contributed by atoms with E-state index >= 15 is 0 Å². The van der Waals surface area contributed by atoms with Crippen molar-refractivity contribution in [1.29, 1.82) is 0 Å². The number of aromatic nitrogens is 3. The van der Waals surface area contributed by atoms with Crippen LogP contribution < -0.4 is 10.6 Å². The summed E-state index contributed by atoms with van der Waals surface area (Å²) in [5, 5.41) is 14.6. The highest BCUT2D eigenvalue weighted by atomic mass is 35.5. The molecular weight excluding hydrogens is 326 g/mol. The highest BCUT2D eigenvalue weighted by Gasteiger charge is 2.05. The van der Waals surface area contributed by atoms with Crippen LogP contribution in [0.3, 0.4) is 0 Å². The van der Waals surface area contributed by atoms with Gasteiger partial charge >= 0.3 is 0 Å². The van der Waals surface area contributed by atoms with Crippen molar-refractivity contribution >= 4 is 40.5 Å². The van der Waals surface area contributed by atoms with Crippen LogP contribution in [-0.2, 0) is 0 Å². The molecule has 6 nitrogen and oxygen atoms in total. The third-order valence-corrected chi connectivity index (χ3v) is 3.55. The minimum Gasteiger partial charge on any atom is -0.338 e. The number of benzene rings is 2. The molecule has 120 valence electrons. The van der Waals surface area contributed by atoms with E-state index in [1.807, 2.05) is 24.3 Å². The normalized spacial score (nSPS) is 10.2. The second-order valence-corrected chi connectivity index (χ2v) is 5.44. The van der Waals surface area contributed by atoms with Crippen LogP contribution in [0.5, 0.6) is 0 Å². The Bertz CT molecular complexity index is 884. The topological polar surface area (TPSA) is 79.8 Å². The molecular formula is C17H14ClN5O. The van der Waals surface area contributed by atoms with Crippen molar-refractivity contribution in [3.05, 3.63) is 65.3 Å². The van der Waals surface area contributed by atoms with Gasteiger partial charge in [0, 0.05) is 11.3 Å². The van der Waals surface area contributed by atoms with Crippen molar-refractivity contribution in [2.24, 2.45) is 0 Å². The molecule has 7 heteroatoms. The van der Waals surface area contributed by atoms with Gasteiger partial charge in [0.05, 0.1) is 16.9 Å². The Balaban J connectivity index is 1.79. The van der Waals surface area contributed by atoms with Gasteiger partial charge < -0.3 is 10.6 Å². The van der Waals surface area contributed by atoms with Gasteiger partial charge in [-0.1, -0.05) is 35.9 Å². The smallest absolute Gasteiger partial charge is 0.249 e. The first-order valence-electron chi connectivity index (χ1n) is 7.21. The summed E-state index contributed by atoms with van der Waals surface area (Å²) in [7, 11) is 0. The van der Waals surface area contributed by atoms with Crippen molar-refractivity contribution in [1.82, 2.24) is 15.2 Å². The summed E-state index contributed by atoms with van der Waals surface area (Å²) in [5.74, 6) is 0.808. The Hall–Kier alpha value is -2.99. The van der Waals surface area contributed by atoms with Gasteiger partial charge in [-0.2, -0.15) is 10.1 Å². The Morgan fingerprint density at radius 1 is 1.08 bits per heavy atom. The summed E-state index contributed by atoms with van der Waals surface area (Å²) < 4.78 is 0. The minimum atomic E-state index is -0.00756. The van der Waals surface area contributed by atoms with Gasteiger partial charge in [0.15, 0.2) is 11.6 Å². The second-order valence-electron chi connectivity index (χ2n) is 5.03. The maximum absolute atomic E-state index is 11.4. The van der Waals surface area contributed by atoms with Crippen LogP contribution in [0.2, 0.25) is 5.02 Å². The number of hydrogen-bond acceptors (Lipinski definition) is 6. The Morgan fingerprint density at radius 3 is 2.71 bits per heavy atom. The maximum atomic E-state index is 11.4. The van der Waals surface area contributed by atoms with Crippen molar-refractivity contribution in [2.45, 2.75) is 6.92 Å². The standard InChI is InChI=1S/C17H14ClN5O/c1-11(24)12-5-4-6-13(9-12)20-17-22-16(10-19-23-17)21-15-8-3-2-7-14(15)18/h2-10H,1H3,(H2,20,21,22,23). The molecule has 0 unspecified atom stereocenters. The molecule has 3 rings (SSSR count). The molecule has 0 aliphatic carbocycles. The number of carbonyl (C=O) groups excluding carboxylic acids is 1. The van der Waals surface area contributed by atoms with Gasteiger partial charge in [0.1, 0.15) is 0 Å². The lowest BCUT2D eigenvalue weighted by atomic mass is 10.1. The van der Waals surface area contributed by atoms with Crippen LogP contribution in [0.15, 0.2) is 54.7 Å². The van der Waals surface area contributed by atoms with Gasteiger partial charge in [0.25, 0.3) is 0 Å². The molecule has 0 amide bonds. The lowest BCUT2D eigenvalue weighted by Gasteiger charge is -2.09. The van der Waals surface area contributed by atoms with E-state index < -0.39 is 0 Å². The number of hydrogen-bond donors (Lipinski definition) is 2. The Kier molecular flexibility index (Phi) is 4.67. The third-order valence-electron chi connectivity index (χ3n) is 3.22. The van der Waals surface area contributed by atoms with Crippen molar-refractivity contribution < 1.29 is 4.79 Å². The number of ketones is 1. The molecule has 0 aliphatic rings. The average Bonchev–Trinajstić information content (AvgIpc) is 2.57. The Morgan fingerprint density at radius 2 is 1.92 bits per heavy atom. The molecule has 0 radical (unpaired) electrons. The molecule has 24 heavy (non-hydrogen) atoms. The van der Waals surface area contributed by atoms with Gasteiger partial charge in [-0.05, 0) is 31.2 Å². The van der Waals surface area contributed by atoms with E-state index in [2.05, 4.69) is 25.8 Å². The van der Waals surface area contributed by atoms with Gasteiger partial charge in [0.2, 0.25) is 5.95 Å². The molecule has 0 atom stereocenters. The molecule has 1 heterocycles. The minimum absolute atomic E-state index is 0.00756. The summed E-state index contributed by atoms with van der Waals surface area (Å²) in [6.45, 7) is 1.52. The second kappa shape index (κ2) is 7.06. The molecule has 0 saturated carbocycles. The van der Waals surface area contributed by atoms with E-state index in [-0.39, 0.29) is 5.78 Å². The first kappa shape index (κ1) is 15.9. The number of nitrogens with one attached hydrogen (secondary N) is 2. The summed E-state index contributed by atoms with van der Waals surface area (Å²) in [6.07, 6.45) is 1.50. The van der Waals surface area contributed by atoms with Gasteiger partial charge in [-0.15, -0.1) is 5.10 Å². The zero-order valence-electron chi connectivity index (χ0n) is 12.8. The monoisotopic (exact) mass is 339 g/mol. The highest BCUT2D eigenvalue weighted by molar-refractivity contribution is 6.33. The average molecular weight is 340 g/mol. The molecule has 0 spiro atoms. The Labute approximate surface area is 143 Å². The van der Waals surface area contributed by atoms with Crippen LogP contribution in [0.1, 0.15) is 17.3 Å². The van der Waals surface area contributed by atoms with E-state index in [1.165, 1.54) is 13.1 Å². The number of Topliss-reactive ketones (excluding diaryl/α,β-unsaturated/α-hetero) is 1. The number of rotatable bonds is 5. The lowest BCUT2D eigenvalue weighted by molar-refractivity contribution is 0.101. The SMILES string of the molecule is CC(=O)c1cccc(Nc2nncc(Nc3ccccc3Cl)n2)c1. The number of nitrogens with zero attached hydrogens (tertiary/aromatic N) is 3. The fourth-order valence-electron chi connectivity index (χ4n) is 2.06. The quantitative estimate of drug-likeness (QED) is 0.678. The van der Waals surface area contributed by atoms with E-state index in [1.54, 1.807) is 24.3 Å². The van der Waals surface area contributed by atoms with Gasteiger partial charge in [-0.25, -0.2) is 0 Å². The van der Waals surface area contributed by atoms with Gasteiger partial charge in [-0.3, -0.25) is 4.79 Å². The predicted octanol–water partition coefficient (Wildman–Crippen LogP) is 4.21. The molecule has 0 aliphatic heterocycles. The molecule has 2 aromatic carbocycles. The fraction of sp³-hybridized carbons (Fsp3) is 0.0588. The van der Waals surface area contributed by atoms with Crippen molar-refractivity contribution in [3.8, 4) is 0 Å². The van der Waals surface area contributed by atoms with E-state index in [4.69, 9.17) is 11.6 Å². The molecule has 0 fully saturated rings. The van der Waals surface area contributed by atoms with Crippen LogP contribution in [-0.4, -0.2) is 21.0 Å². The largest absolute Gasteiger partial charge is 0.338 e. The first-order chi connectivity index (χ1) is 11.6. The van der Waals surface area contributed by atoms with Crippen molar-refractivity contribution in [2.75, 3.05) is 10.6 Å². The molecule has 3 aromatic rings. The fourth-order valence-corrected chi connectivity index (χ4v) is 2.25. The lowest BCUT2D eigenvalue weighted by Crippen LogP contribution is -2.03. The molecule has 1 aromatic heterocycles. The molecule has 2 N–H and O–H groups in total. The van der Waals surface area contributed by atoms with Crippen LogP contribution in [0.4, 0.5) is 23.1 Å². The summed E-state index contributed by atoms with van der Waals surface area (Å²) in [6, 6.07) is 14.4. The summed E-state index contributed by atoms with van der Waals surface area (Å²) in [5.41, 5.74) is 2.04. The predicted molar refractivity (Wildman–Crippen MR) is 94.3 cm³/mol. The molecule has 0 saturated heterocycles. The van der Waals surface area contributed by atoms with Crippen LogP contribution in [0.25, 0.3) is 0 Å². The van der Waals surface area contributed by atoms with Crippen molar-refractivity contribution in [3.63, 3.8) is 0 Å². The molecule has 0 bridgehead atoms. The van der Waals surface area contributed by atoms with Crippen LogP contribution >= 0.6 is 11.6 Å². The zero-order chi connectivity index (χ0) is 16.9. The van der Waals surface area contributed by atoms with E-state index in [9.17, 15) is 4.79 Å². The number of halogens is 1. The first-order valence-corrected chi connectivity index (χ1v) is 7.59. The maximum Gasteiger partial charge on any atom is 0.249 e. The summed E-state index contributed by atoms with van der Waals surface area (Å²) >= 11 is 6.12. The highest BCUT2D eigenvalue weighted by Crippen LogP contribution is 2.24. The van der Waals surface area contributed by atoms with Crippen LogP contribution in [0, 0.1) is 0 Å². The zero-order valence-corrected chi connectivity index (χ0v) is 13.6. The van der Waals surface area contributed by atoms with E-state index in [0.717, 1.165) is 5.69 Å². The number of anilines is 4.